The van der Waals surface area contributed by atoms with Crippen LogP contribution in [0, 0.1) is 0 Å². The van der Waals surface area contributed by atoms with Crippen molar-refractivity contribution >= 4 is 11.9 Å². The van der Waals surface area contributed by atoms with E-state index in [1.165, 1.54) is 6.92 Å². The second kappa shape index (κ2) is 4.05. The lowest BCUT2D eigenvalue weighted by atomic mass is 9.73. The summed E-state index contributed by atoms with van der Waals surface area (Å²) in [5.41, 5.74) is -1.79. The van der Waals surface area contributed by atoms with E-state index in [1.54, 1.807) is 20.8 Å². The molecule has 0 saturated heterocycles. The van der Waals surface area contributed by atoms with Gasteiger partial charge in [0.05, 0.1) is 0 Å². The number of hydrogen-bond acceptors (Lipinski definition) is 4. The van der Waals surface area contributed by atoms with E-state index < -0.39 is 17.3 Å². The van der Waals surface area contributed by atoms with Crippen molar-refractivity contribution in [3.63, 3.8) is 0 Å². The molecule has 0 heterocycles. The summed E-state index contributed by atoms with van der Waals surface area (Å²) in [5, 5.41) is 12.3. The molecule has 0 radical (unpaired) electrons. The average Bonchev–Trinajstić information content (AvgIpc) is 1.96. The zero-order valence-electron chi connectivity index (χ0n) is 10.2. The van der Waals surface area contributed by atoms with Gasteiger partial charge in [-0.15, -0.1) is 0 Å². The minimum Gasteiger partial charge on any atom is -0.444 e. The van der Waals surface area contributed by atoms with Crippen LogP contribution in [0.2, 0.25) is 0 Å². The number of ketones is 1. The van der Waals surface area contributed by atoms with Crippen molar-refractivity contribution in [2.75, 3.05) is 0 Å². The second-order valence-electron chi connectivity index (χ2n) is 5.34. The Morgan fingerprint density at radius 3 is 2.25 bits per heavy atom. The van der Waals surface area contributed by atoms with Crippen molar-refractivity contribution < 1.29 is 19.4 Å². The maximum atomic E-state index is 11.3. The monoisotopic (exact) mass is 229 g/mol. The Morgan fingerprint density at radius 2 is 1.88 bits per heavy atom. The Balaban J connectivity index is 2.33. The summed E-state index contributed by atoms with van der Waals surface area (Å²) in [6, 6.07) is -0.177. The van der Waals surface area contributed by atoms with Gasteiger partial charge in [-0.1, -0.05) is 0 Å². The molecule has 5 heteroatoms. The smallest absolute Gasteiger partial charge is 0.407 e. The van der Waals surface area contributed by atoms with Crippen LogP contribution in [-0.2, 0) is 9.53 Å². The van der Waals surface area contributed by atoms with E-state index >= 15 is 0 Å². The zero-order chi connectivity index (χ0) is 12.6. The minimum atomic E-state index is -1.25. The first-order valence-corrected chi connectivity index (χ1v) is 5.35. The number of carbonyl (C=O) groups is 2. The van der Waals surface area contributed by atoms with Gasteiger partial charge in [0.2, 0.25) is 0 Å². The fraction of sp³-hybridized carbons (Fsp3) is 0.818. The molecule has 0 atom stereocenters. The predicted octanol–water partition coefficient (Wildman–Crippen LogP) is 0.994. The average molecular weight is 229 g/mol. The molecule has 1 saturated carbocycles. The summed E-state index contributed by atoms with van der Waals surface area (Å²) < 4.78 is 5.06. The van der Waals surface area contributed by atoms with E-state index in [-0.39, 0.29) is 24.7 Å². The van der Waals surface area contributed by atoms with Crippen LogP contribution in [0.25, 0.3) is 0 Å². The van der Waals surface area contributed by atoms with Gasteiger partial charge in [-0.05, 0) is 27.7 Å². The molecule has 0 aromatic heterocycles. The minimum absolute atomic E-state index is 0.177. The lowest BCUT2D eigenvalue weighted by molar-refractivity contribution is -0.146. The molecule has 0 aromatic rings. The first-order valence-electron chi connectivity index (χ1n) is 5.35. The molecule has 92 valence electrons. The maximum Gasteiger partial charge on any atom is 0.407 e. The number of carbonyl (C=O) groups excluding carboxylic acids is 2. The summed E-state index contributed by atoms with van der Waals surface area (Å²) in [6.45, 7) is 6.68. The van der Waals surface area contributed by atoms with Gasteiger partial charge in [0.15, 0.2) is 5.78 Å². The van der Waals surface area contributed by atoms with E-state index in [4.69, 9.17) is 4.74 Å². The standard InChI is InChI=1S/C11H19NO4/c1-7(13)11(15)5-8(6-11)12-9(14)16-10(2,3)4/h8,15H,5-6H2,1-4H3,(H,12,14). The lowest BCUT2D eigenvalue weighted by Crippen LogP contribution is -2.58. The highest BCUT2D eigenvalue weighted by atomic mass is 16.6. The molecule has 1 aliphatic rings. The van der Waals surface area contributed by atoms with Gasteiger partial charge in [0.1, 0.15) is 11.2 Å². The molecule has 16 heavy (non-hydrogen) atoms. The van der Waals surface area contributed by atoms with Gasteiger partial charge in [-0.25, -0.2) is 4.79 Å². The third-order valence-electron chi connectivity index (χ3n) is 2.54. The first kappa shape index (κ1) is 13.0. The van der Waals surface area contributed by atoms with Crippen LogP contribution in [0.1, 0.15) is 40.5 Å². The summed E-state index contributed by atoms with van der Waals surface area (Å²) in [7, 11) is 0. The Hall–Kier alpha value is -1.10. The molecule has 0 spiro atoms. The highest BCUT2D eigenvalue weighted by molar-refractivity contribution is 5.86. The van der Waals surface area contributed by atoms with Crippen molar-refractivity contribution in [2.24, 2.45) is 0 Å². The Bertz CT molecular complexity index is 300. The second-order valence-corrected chi connectivity index (χ2v) is 5.34. The van der Waals surface area contributed by atoms with Crippen molar-refractivity contribution in [1.29, 1.82) is 0 Å². The van der Waals surface area contributed by atoms with E-state index in [1.807, 2.05) is 0 Å². The van der Waals surface area contributed by atoms with Gasteiger partial charge in [0.25, 0.3) is 0 Å². The lowest BCUT2D eigenvalue weighted by Gasteiger charge is -2.41. The molecular weight excluding hydrogens is 210 g/mol. The fourth-order valence-corrected chi connectivity index (χ4v) is 1.62. The van der Waals surface area contributed by atoms with Gasteiger partial charge in [0, 0.05) is 18.9 Å². The fourth-order valence-electron chi connectivity index (χ4n) is 1.62. The molecule has 0 unspecified atom stereocenters. The Morgan fingerprint density at radius 1 is 1.38 bits per heavy atom. The molecule has 1 rings (SSSR count). The first-order chi connectivity index (χ1) is 7.12. The number of rotatable bonds is 2. The van der Waals surface area contributed by atoms with Crippen molar-refractivity contribution in [3.05, 3.63) is 0 Å². The van der Waals surface area contributed by atoms with Crippen LogP contribution in [0.3, 0.4) is 0 Å². The van der Waals surface area contributed by atoms with Crippen molar-refractivity contribution in [1.82, 2.24) is 5.32 Å². The van der Waals surface area contributed by atoms with Gasteiger partial charge < -0.3 is 15.2 Å². The predicted molar refractivity (Wildman–Crippen MR) is 58.0 cm³/mol. The van der Waals surface area contributed by atoms with E-state index in [0.29, 0.717) is 0 Å². The molecule has 1 fully saturated rings. The van der Waals surface area contributed by atoms with Crippen LogP contribution < -0.4 is 5.32 Å². The number of hydrogen-bond donors (Lipinski definition) is 2. The van der Waals surface area contributed by atoms with Crippen molar-refractivity contribution in [3.8, 4) is 0 Å². The highest BCUT2D eigenvalue weighted by Gasteiger charge is 2.47. The molecule has 5 nitrogen and oxygen atoms in total. The van der Waals surface area contributed by atoms with E-state index in [0.717, 1.165) is 0 Å². The highest BCUT2D eigenvalue weighted by Crippen LogP contribution is 2.33. The molecule has 1 aliphatic carbocycles. The molecule has 0 aromatic carbocycles. The number of aliphatic hydroxyl groups is 1. The maximum absolute atomic E-state index is 11.3. The number of ether oxygens (including phenoxy) is 1. The van der Waals surface area contributed by atoms with Crippen LogP contribution in [-0.4, -0.2) is 34.2 Å². The molecule has 2 N–H and O–H groups in total. The van der Waals surface area contributed by atoms with E-state index in [2.05, 4.69) is 5.32 Å². The van der Waals surface area contributed by atoms with Crippen LogP contribution in [0.5, 0.6) is 0 Å². The normalized spacial score (nSPS) is 29.2. The summed E-state index contributed by atoms with van der Waals surface area (Å²) in [5.74, 6) is -0.255. The van der Waals surface area contributed by atoms with Gasteiger partial charge in [-0.3, -0.25) is 4.79 Å². The van der Waals surface area contributed by atoms with Gasteiger partial charge >= 0.3 is 6.09 Å². The van der Waals surface area contributed by atoms with Gasteiger partial charge in [-0.2, -0.15) is 0 Å². The Labute approximate surface area is 95.2 Å². The van der Waals surface area contributed by atoms with E-state index in [9.17, 15) is 14.7 Å². The number of nitrogens with one attached hydrogen (secondary N) is 1. The number of alkyl carbamates (subject to hydrolysis) is 1. The summed E-state index contributed by atoms with van der Waals surface area (Å²) in [4.78, 5) is 22.4. The summed E-state index contributed by atoms with van der Waals surface area (Å²) in [6.07, 6.45) is 0.0199. The molecule has 0 bridgehead atoms. The topological polar surface area (TPSA) is 75.6 Å². The Kier molecular flexibility index (Phi) is 3.28. The van der Waals surface area contributed by atoms with Crippen LogP contribution in [0.15, 0.2) is 0 Å². The third-order valence-corrected chi connectivity index (χ3v) is 2.54. The van der Waals surface area contributed by atoms with Crippen LogP contribution >= 0.6 is 0 Å². The summed E-state index contributed by atoms with van der Waals surface area (Å²) >= 11 is 0. The number of amides is 1. The molecular formula is C11H19NO4. The number of Topliss-reactive ketones (excluding diaryl/α,β-unsaturated/α-hetero) is 1. The molecule has 0 aliphatic heterocycles. The molecule has 1 amide bonds. The quantitative estimate of drug-likeness (QED) is 0.740. The van der Waals surface area contributed by atoms with Crippen LogP contribution in [0.4, 0.5) is 4.79 Å². The third kappa shape index (κ3) is 3.20. The SMILES string of the molecule is CC(=O)C1(O)CC(NC(=O)OC(C)(C)C)C1. The zero-order valence-corrected chi connectivity index (χ0v) is 10.2. The van der Waals surface area contributed by atoms with Crippen molar-refractivity contribution in [2.45, 2.75) is 57.8 Å². The largest absolute Gasteiger partial charge is 0.444 e.